The highest BCUT2D eigenvalue weighted by molar-refractivity contribution is 6.18. The monoisotopic (exact) mass is 304 g/mol. The first-order chi connectivity index (χ1) is 10.7. The molecule has 22 heavy (non-hydrogen) atoms. The van der Waals surface area contributed by atoms with Crippen molar-refractivity contribution in [3.63, 3.8) is 0 Å². The highest BCUT2D eigenvalue weighted by atomic mass is 16.5. The van der Waals surface area contributed by atoms with Crippen LogP contribution >= 0.6 is 0 Å². The van der Waals surface area contributed by atoms with E-state index in [4.69, 9.17) is 9.84 Å². The van der Waals surface area contributed by atoms with E-state index in [1.54, 1.807) is 19.1 Å². The van der Waals surface area contributed by atoms with Crippen molar-refractivity contribution in [1.82, 2.24) is 4.98 Å². The molecule has 2 N–H and O–H groups in total. The van der Waals surface area contributed by atoms with Crippen LogP contribution < -0.4 is 5.32 Å². The zero-order valence-corrected chi connectivity index (χ0v) is 12.5. The molecule has 1 aliphatic rings. The number of nitrogens with zero attached hydrogens (tertiary/aromatic N) is 1. The van der Waals surface area contributed by atoms with Crippen molar-refractivity contribution in [1.29, 1.82) is 0 Å². The summed E-state index contributed by atoms with van der Waals surface area (Å²) in [6, 6.07) is 3.37. The number of esters is 1. The summed E-state index contributed by atoms with van der Waals surface area (Å²) < 4.78 is 4.95. The molecule has 1 saturated carbocycles. The average Bonchev–Trinajstić information content (AvgIpc) is 2.46. The second-order valence-corrected chi connectivity index (χ2v) is 5.11. The summed E-state index contributed by atoms with van der Waals surface area (Å²) in [5, 5.41) is 11.8. The maximum atomic E-state index is 12.3. The number of nitrogens with one attached hydrogen (secondary N) is 1. The number of aliphatic hydroxyl groups excluding tert-OH is 1. The molecule has 2 rings (SSSR count). The Balaban J connectivity index is 2.11. The first-order valence-corrected chi connectivity index (χ1v) is 7.39. The predicted molar refractivity (Wildman–Crippen MR) is 80.8 cm³/mol. The van der Waals surface area contributed by atoms with Gasteiger partial charge in [-0.15, -0.1) is 0 Å². The second kappa shape index (κ2) is 7.70. The summed E-state index contributed by atoms with van der Waals surface area (Å²) >= 11 is 0. The Bertz CT molecular complexity index is 562. The fourth-order valence-electron chi connectivity index (χ4n) is 2.09. The molecule has 1 aliphatic carbocycles. The number of Topliss-reactive ketones (excluding diaryl/α,β-unsaturated/α-hetero) is 1. The molecular weight excluding hydrogens is 284 g/mol. The van der Waals surface area contributed by atoms with E-state index >= 15 is 0 Å². The Morgan fingerprint density at radius 2 is 2.23 bits per heavy atom. The molecule has 0 aromatic carbocycles. The Hall–Kier alpha value is -2.21. The van der Waals surface area contributed by atoms with E-state index in [-0.39, 0.29) is 30.5 Å². The molecule has 6 heteroatoms. The molecule has 0 aliphatic heterocycles. The van der Waals surface area contributed by atoms with Crippen molar-refractivity contribution in [3.05, 3.63) is 35.8 Å². The number of ketones is 1. The maximum absolute atomic E-state index is 12.3. The summed E-state index contributed by atoms with van der Waals surface area (Å²) in [6.07, 6.45) is 5.57. The number of anilines is 1. The molecule has 0 amide bonds. The Morgan fingerprint density at radius 3 is 2.73 bits per heavy atom. The second-order valence-electron chi connectivity index (χ2n) is 5.11. The number of aromatic nitrogens is 1. The molecule has 0 spiro atoms. The van der Waals surface area contributed by atoms with Gasteiger partial charge in [-0.2, -0.15) is 0 Å². The molecule has 0 atom stereocenters. The van der Waals surface area contributed by atoms with Crippen LogP contribution in [0.25, 0.3) is 0 Å². The number of rotatable bonds is 7. The number of carbonyl (C=O) groups excluding carboxylic acids is 2. The van der Waals surface area contributed by atoms with Gasteiger partial charge in [-0.25, -0.2) is 4.79 Å². The van der Waals surface area contributed by atoms with E-state index in [1.807, 2.05) is 0 Å². The van der Waals surface area contributed by atoms with Gasteiger partial charge in [0.25, 0.3) is 0 Å². The third-order valence-corrected chi connectivity index (χ3v) is 3.61. The standard InChI is InChI=1S/C16H20N2O4/c1-2-22-16(21)14(15(20)11-4-3-5-11)9-18-12-6-7-13(10-19)17-8-12/h6-9,11,18-19H,2-5,10H2,1H3. The summed E-state index contributed by atoms with van der Waals surface area (Å²) in [5.41, 5.74) is 1.21. The van der Waals surface area contributed by atoms with Gasteiger partial charge in [0.05, 0.1) is 30.8 Å². The fraction of sp³-hybridized carbons (Fsp3) is 0.438. The van der Waals surface area contributed by atoms with Crippen LogP contribution in [-0.2, 0) is 20.9 Å². The molecule has 1 heterocycles. The van der Waals surface area contributed by atoms with Gasteiger partial charge in [-0.1, -0.05) is 6.42 Å². The summed E-state index contributed by atoms with van der Waals surface area (Å²) in [4.78, 5) is 28.3. The maximum Gasteiger partial charge on any atom is 0.343 e. The van der Waals surface area contributed by atoms with E-state index in [9.17, 15) is 9.59 Å². The van der Waals surface area contributed by atoms with Crippen LogP contribution in [0.5, 0.6) is 0 Å². The number of aliphatic hydroxyl groups is 1. The van der Waals surface area contributed by atoms with Crippen molar-refractivity contribution < 1.29 is 19.4 Å². The van der Waals surface area contributed by atoms with Gasteiger partial charge in [-0.3, -0.25) is 9.78 Å². The molecule has 0 bridgehead atoms. The number of ether oxygens (including phenoxy) is 1. The van der Waals surface area contributed by atoms with Crippen LogP contribution in [0.3, 0.4) is 0 Å². The van der Waals surface area contributed by atoms with Crippen molar-refractivity contribution in [3.8, 4) is 0 Å². The van der Waals surface area contributed by atoms with Gasteiger partial charge in [0, 0.05) is 12.1 Å². The number of hydrogen-bond donors (Lipinski definition) is 2. The van der Waals surface area contributed by atoms with Crippen LogP contribution in [0, 0.1) is 5.92 Å². The van der Waals surface area contributed by atoms with Crippen molar-refractivity contribution >= 4 is 17.4 Å². The molecule has 0 unspecified atom stereocenters. The van der Waals surface area contributed by atoms with E-state index in [0.717, 1.165) is 19.3 Å². The van der Waals surface area contributed by atoms with Gasteiger partial charge < -0.3 is 15.2 Å². The van der Waals surface area contributed by atoms with Gasteiger partial charge in [0.2, 0.25) is 0 Å². The highest BCUT2D eigenvalue weighted by Gasteiger charge is 2.31. The smallest absolute Gasteiger partial charge is 0.343 e. The lowest BCUT2D eigenvalue weighted by atomic mass is 9.80. The van der Waals surface area contributed by atoms with Crippen molar-refractivity contribution in [2.75, 3.05) is 11.9 Å². The number of carbonyl (C=O) groups is 2. The third-order valence-electron chi connectivity index (χ3n) is 3.61. The summed E-state index contributed by atoms with van der Waals surface area (Å²) in [5.74, 6) is -0.851. The number of hydrogen-bond acceptors (Lipinski definition) is 6. The van der Waals surface area contributed by atoms with Crippen LogP contribution in [0.1, 0.15) is 31.9 Å². The minimum atomic E-state index is -0.605. The minimum absolute atomic E-state index is 0.0396. The fourth-order valence-corrected chi connectivity index (χ4v) is 2.09. The average molecular weight is 304 g/mol. The summed E-state index contributed by atoms with van der Waals surface area (Å²) in [7, 11) is 0. The lowest BCUT2D eigenvalue weighted by molar-refractivity contribution is -0.140. The van der Waals surface area contributed by atoms with Gasteiger partial charge in [0.1, 0.15) is 5.57 Å². The van der Waals surface area contributed by atoms with E-state index in [1.165, 1.54) is 12.4 Å². The molecule has 1 fully saturated rings. The van der Waals surface area contributed by atoms with Gasteiger partial charge in [-0.05, 0) is 31.9 Å². The molecule has 0 radical (unpaired) electrons. The molecule has 118 valence electrons. The molecule has 6 nitrogen and oxygen atoms in total. The largest absolute Gasteiger partial charge is 0.462 e. The third kappa shape index (κ3) is 3.92. The zero-order chi connectivity index (χ0) is 15.9. The first-order valence-electron chi connectivity index (χ1n) is 7.39. The quantitative estimate of drug-likeness (QED) is 0.346. The summed E-state index contributed by atoms with van der Waals surface area (Å²) in [6.45, 7) is 1.79. The van der Waals surface area contributed by atoms with Crippen molar-refractivity contribution in [2.45, 2.75) is 32.8 Å². The van der Waals surface area contributed by atoms with Gasteiger partial charge >= 0.3 is 5.97 Å². The topological polar surface area (TPSA) is 88.5 Å². The highest BCUT2D eigenvalue weighted by Crippen LogP contribution is 2.29. The van der Waals surface area contributed by atoms with E-state index < -0.39 is 5.97 Å². The lowest BCUT2D eigenvalue weighted by Gasteiger charge is -2.24. The van der Waals surface area contributed by atoms with Crippen LogP contribution in [0.2, 0.25) is 0 Å². The van der Waals surface area contributed by atoms with E-state index in [2.05, 4.69) is 10.3 Å². The van der Waals surface area contributed by atoms with Gasteiger partial charge in [0.15, 0.2) is 5.78 Å². The molecular formula is C16H20N2O4. The van der Waals surface area contributed by atoms with E-state index in [0.29, 0.717) is 11.4 Å². The first kappa shape index (κ1) is 16.2. The zero-order valence-electron chi connectivity index (χ0n) is 12.5. The Labute approximate surface area is 129 Å². The van der Waals surface area contributed by atoms with Crippen molar-refractivity contribution in [2.24, 2.45) is 5.92 Å². The SMILES string of the molecule is CCOC(=O)C(=CNc1ccc(CO)nc1)C(=O)C1CCC1. The van der Waals surface area contributed by atoms with Crippen LogP contribution in [0.4, 0.5) is 5.69 Å². The molecule has 1 aromatic rings. The minimum Gasteiger partial charge on any atom is -0.462 e. The predicted octanol–water partition coefficient (Wildman–Crippen LogP) is 1.80. The molecule has 1 aromatic heterocycles. The normalized spacial score (nSPS) is 15.1. The lowest BCUT2D eigenvalue weighted by Crippen LogP contribution is -2.28. The number of pyridine rings is 1. The molecule has 0 saturated heterocycles. The Kier molecular flexibility index (Phi) is 5.66. The van der Waals surface area contributed by atoms with Crippen LogP contribution in [0.15, 0.2) is 30.1 Å². The van der Waals surface area contributed by atoms with Crippen LogP contribution in [-0.4, -0.2) is 28.4 Å². The Morgan fingerprint density at radius 1 is 1.45 bits per heavy atom.